The van der Waals surface area contributed by atoms with Crippen LogP contribution in [0.25, 0.3) is 0 Å². The first kappa shape index (κ1) is 11.0. The van der Waals surface area contributed by atoms with Gasteiger partial charge >= 0.3 is 0 Å². The average molecular weight is 198 g/mol. The van der Waals surface area contributed by atoms with Crippen LogP contribution in [0.1, 0.15) is 19.7 Å². The van der Waals surface area contributed by atoms with Crippen LogP contribution in [0, 0.1) is 5.92 Å². The minimum absolute atomic E-state index is 0.384. The SMILES string of the molecule is CCN(C)c1noc(CC(C)CN)n1. The Morgan fingerprint density at radius 1 is 1.57 bits per heavy atom. The molecule has 0 amide bonds. The van der Waals surface area contributed by atoms with Gasteiger partial charge < -0.3 is 15.2 Å². The molecule has 0 aromatic carbocycles. The summed E-state index contributed by atoms with van der Waals surface area (Å²) in [5.74, 6) is 1.69. The Labute approximate surface area is 84.3 Å². The van der Waals surface area contributed by atoms with E-state index in [9.17, 15) is 0 Å². The predicted octanol–water partition coefficient (Wildman–Crippen LogP) is 0.663. The van der Waals surface area contributed by atoms with Gasteiger partial charge in [0.25, 0.3) is 5.95 Å². The third kappa shape index (κ3) is 2.70. The molecule has 0 spiro atoms. The fraction of sp³-hybridized carbons (Fsp3) is 0.778. The Hall–Kier alpha value is -1.10. The number of aromatic nitrogens is 2. The summed E-state index contributed by atoms with van der Waals surface area (Å²) in [6, 6.07) is 0. The topological polar surface area (TPSA) is 68.2 Å². The molecule has 1 unspecified atom stereocenters. The largest absolute Gasteiger partial charge is 0.342 e. The highest BCUT2D eigenvalue weighted by atomic mass is 16.5. The van der Waals surface area contributed by atoms with Crippen LogP contribution in [0.4, 0.5) is 5.95 Å². The van der Waals surface area contributed by atoms with Crippen LogP contribution in [0.15, 0.2) is 4.52 Å². The molecule has 0 saturated carbocycles. The molecule has 0 radical (unpaired) electrons. The van der Waals surface area contributed by atoms with E-state index in [1.165, 1.54) is 0 Å². The van der Waals surface area contributed by atoms with Crippen LogP contribution < -0.4 is 10.6 Å². The van der Waals surface area contributed by atoms with Crippen molar-refractivity contribution < 1.29 is 4.52 Å². The zero-order valence-electron chi connectivity index (χ0n) is 9.03. The molecule has 14 heavy (non-hydrogen) atoms. The molecular formula is C9H18N4O. The lowest BCUT2D eigenvalue weighted by Crippen LogP contribution is -2.17. The van der Waals surface area contributed by atoms with Crippen molar-refractivity contribution in [2.24, 2.45) is 11.7 Å². The molecule has 1 rings (SSSR count). The van der Waals surface area contributed by atoms with E-state index in [0.29, 0.717) is 24.3 Å². The zero-order chi connectivity index (χ0) is 10.6. The monoisotopic (exact) mass is 198 g/mol. The molecule has 5 nitrogen and oxygen atoms in total. The third-order valence-corrected chi connectivity index (χ3v) is 2.20. The molecule has 5 heteroatoms. The van der Waals surface area contributed by atoms with Gasteiger partial charge in [0, 0.05) is 20.0 Å². The van der Waals surface area contributed by atoms with Crippen molar-refractivity contribution in [3.63, 3.8) is 0 Å². The van der Waals surface area contributed by atoms with Crippen molar-refractivity contribution in [3.8, 4) is 0 Å². The Morgan fingerprint density at radius 2 is 2.29 bits per heavy atom. The molecule has 80 valence electrons. The van der Waals surface area contributed by atoms with Crippen molar-refractivity contribution in [3.05, 3.63) is 5.89 Å². The minimum atomic E-state index is 0.384. The molecule has 1 aromatic heterocycles. The molecule has 0 saturated heterocycles. The van der Waals surface area contributed by atoms with Gasteiger partial charge in [-0.15, -0.1) is 0 Å². The molecular weight excluding hydrogens is 180 g/mol. The third-order valence-electron chi connectivity index (χ3n) is 2.20. The number of hydrogen-bond acceptors (Lipinski definition) is 5. The van der Waals surface area contributed by atoms with Gasteiger partial charge in [-0.2, -0.15) is 4.98 Å². The van der Waals surface area contributed by atoms with E-state index in [0.717, 1.165) is 13.0 Å². The quantitative estimate of drug-likeness (QED) is 0.752. The molecule has 1 atom stereocenters. The molecule has 0 fully saturated rings. The number of nitrogens with two attached hydrogens (primary N) is 1. The van der Waals surface area contributed by atoms with E-state index in [1.807, 2.05) is 18.9 Å². The maximum Gasteiger partial charge on any atom is 0.265 e. The van der Waals surface area contributed by atoms with Crippen LogP contribution in [-0.4, -0.2) is 30.3 Å². The second-order valence-corrected chi connectivity index (χ2v) is 3.55. The van der Waals surface area contributed by atoms with E-state index in [-0.39, 0.29) is 0 Å². The lowest BCUT2D eigenvalue weighted by atomic mass is 10.1. The standard InChI is InChI=1S/C9H18N4O/c1-4-13(3)9-11-8(14-12-9)5-7(2)6-10/h7H,4-6,10H2,1-3H3. The van der Waals surface area contributed by atoms with Gasteiger partial charge in [-0.3, -0.25) is 0 Å². The number of rotatable bonds is 5. The van der Waals surface area contributed by atoms with Gasteiger partial charge in [-0.1, -0.05) is 6.92 Å². The van der Waals surface area contributed by atoms with Crippen LogP contribution in [0.2, 0.25) is 0 Å². The van der Waals surface area contributed by atoms with Crippen LogP contribution in [0.3, 0.4) is 0 Å². The molecule has 0 bridgehead atoms. The zero-order valence-corrected chi connectivity index (χ0v) is 9.03. The van der Waals surface area contributed by atoms with Gasteiger partial charge in [-0.05, 0) is 24.5 Å². The number of hydrogen-bond donors (Lipinski definition) is 1. The molecule has 0 aliphatic rings. The van der Waals surface area contributed by atoms with Gasteiger partial charge in [-0.25, -0.2) is 0 Å². The highest BCUT2D eigenvalue weighted by Crippen LogP contribution is 2.10. The van der Waals surface area contributed by atoms with Crippen molar-refractivity contribution in [2.45, 2.75) is 20.3 Å². The normalized spacial score (nSPS) is 12.9. The van der Waals surface area contributed by atoms with E-state index in [4.69, 9.17) is 10.3 Å². The summed E-state index contributed by atoms with van der Waals surface area (Å²) >= 11 is 0. The summed E-state index contributed by atoms with van der Waals surface area (Å²) in [5, 5.41) is 3.87. The van der Waals surface area contributed by atoms with E-state index in [1.54, 1.807) is 0 Å². The van der Waals surface area contributed by atoms with E-state index in [2.05, 4.69) is 17.1 Å². The molecule has 1 heterocycles. The lowest BCUT2D eigenvalue weighted by Gasteiger charge is -2.08. The minimum Gasteiger partial charge on any atom is -0.342 e. The first-order valence-corrected chi connectivity index (χ1v) is 4.91. The Bertz CT molecular complexity index is 274. The Kier molecular flexibility index (Phi) is 3.88. The van der Waals surface area contributed by atoms with Crippen molar-refractivity contribution in [2.75, 3.05) is 25.0 Å². The highest BCUT2D eigenvalue weighted by molar-refractivity contribution is 5.25. The van der Waals surface area contributed by atoms with Crippen molar-refractivity contribution in [1.29, 1.82) is 0 Å². The summed E-state index contributed by atoms with van der Waals surface area (Å²) in [7, 11) is 1.93. The lowest BCUT2D eigenvalue weighted by molar-refractivity contribution is 0.359. The van der Waals surface area contributed by atoms with E-state index < -0.39 is 0 Å². The van der Waals surface area contributed by atoms with Crippen molar-refractivity contribution in [1.82, 2.24) is 10.1 Å². The molecule has 1 aromatic rings. The number of anilines is 1. The first-order chi connectivity index (χ1) is 6.67. The number of nitrogens with zero attached hydrogens (tertiary/aromatic N) is 3. The van der Waals surface area contributed by atoms with Gasteiger partial charge in [0.05, 0.1) is 0 Å². The van der Waals surface area contributed by atoms with Gasteiger partial charge in [0.2, 0.25) is 5.89 Å². The maximum atomic E-state index is 5.51. The second-order valence-electron chi connectivity index (χ2n) is 3.55. The molecule has 0 aliphatic carbocycles. The molecule has 0 aliphatic heterocycles. The van der Waals surface area contributed by atoms with Crippen LogP contribution in [-0.2, 0) is 6.42 Å². The summed E-state index contributed by atoms with van der Waals surface area (Å²) in [6.45, 7) is 5.61. The van der Waals surface area contributed by atoms with Gasteiger partial charge in [0.1, 0.15) is 0 Å². The summed E-state index contributed by atoms with van der Waals surface area (Å²) in [5.41, 5.74) is 5.51. The summed E-state index contributed by atoms with van der Waals surface area (Å²) in [6.07, 6.45) is 0.751. The molecule has 2 N–H and O–H groups in total. The van der Waals surface area contributed by atoms with E-state index >= 15 is 0 Å². The summed E-state index contributed by atoms with van der Waals surface area (Å²) < 4.78 is 5.10. The smallest absolute Gasteiger partial charge is 0.265 e. The van der Waals surface area contributed by atoms with Gasteiger partial charge in [0.15, 0.2) is 0 Å². The highest BCUT2D eigenvalue weighted by Gasteiger charge is 2.11. The second kappa shape index (κ2) is 4.95. The summed E-state index contributed by atoms with van der Waals surface area (Å²) in [4.78, 5) is 6.19. The predicted molar refractivity (Wildman–Crippen MR) is 55.2 cm³/mol. The first-order valence-electron chi connectivity index (χ1n) is 4.91. The Morgan fingerprint density at radius 3 is 2.86 bits per heavy atom. The fourth-order valence-corrected chi connectivity index (χ4v) is 1.01. The van der Waals surface area contributed by atoms with Crippen LogP contribution >= 0.6 is 0 Å². The van der Waals surface area contributed by atoms with Crippen LogP contribution in [0.5, 0.6) is 0 Å². The maximum absolute atomic E-state index is 5.51. The Balaban J connectivity index is 2.59. The fourth-order valence-electron chi connectivity index (χ4n) is 1.01. The van der Waals surface area contributed by atoms with Crippen molar-refractivity contribution >= 4 is 5.95 Å². The average Bonchev–Trinajstić information content (AvgIpc) is 2.65.